The molecule has 0 aliphatic carbocycles. The number of aromatic amines is 1. The van der Waals surface area contributed by atoms with Crippen molar-refractivity contribution in [3.05, 3.63) is 32.2 Å². The molecular formula is C8H9BrN2O. The van der Waals surface area contributed by atoms with Crippen LogP contribution < -0.4 is 10.9 Å². The summed E-state index contributed by atoms with van der Waals surface area (Å²) in [5.41, 5.74) is 2.23. The first-order valence-electron chi connectivity index (χ1n) is 3.88. The predicted molar refractivity (Wildman–Crippen MR) is 50.2 cm³/mol. The highest BCUT2D eigenvalue weighted by atomic mass is 79.9. The number of rotatable bonds is 0. The Morgan fingerprint density at radius 3 is 3.17 bits per heavy atom. The van der Waals surface area contributed by atoms with Gasteiger partial charge < -0.3 is 10.3 Å². The van der Waals surface area contributed by atoms with Gasteiger partial charge in [0.25, 0.3) is 5.56 Å². The van der Waals surface area contributed by atoms with Crippen LogP contribution >= 0.6 is 15.9 Å². The van der Waals surface area contributed by atoms with E-state index in [9.17, 15) is 4.79 Å². The molecule has 2 heterocycles. The van der Waals surface area contributed by atoms with Gasteiger partial charge in [0.2, 0.25) is 0 Å². The van der Waals surface area contributed by atoms with Crippen molar-refractivity contribution in [3.8, 4) is 0 Å². The Hall–Kier alpha value is -0.610. The van der Waals surface area contributed by atoms with Gasteiger partial charge in [0.05, 0.1) is 4.47 Å². The van der Waals surface area contributed by atoms with E-state index in [1.165, 1.54) is 5.56 Å². The maximum atomic E-state index is 11.2. The molecule has 4 heteroatoms. The van der Waals surface area contributed by atoms with Crippen LogP contribution in [0.4, 0.5) is 0 Å². The smallest absolute Gasteiger partial charge is 0.262 e. The monoisotopic (exact) mass is 228 g/mol. The van der Waals surface area contributed by atoms with E-state index >= 15 is 0 Å². The number of fused-ring (bicyclic) bond motifs is 1. The van der Waals surface area contributed by atoms with Crippen LogP contribution in [0.5, 0.6) is 0 Å². The van der Waals surface area contributed by atoms with Crippen LogP contribution in [0.25, 0.3) is 0 Å². The Morgan fingerprint density at radius 2 is 2.33 bits per heavy atom. The molecule has 64 valence electrons. The third kappa shape index (κ3) is 1.32. The van der Waals surface area contributed by atoms with E-state index in [-0.39, 0.29) is 5.56 Å². The molecule has 0 aromatic carbocycles. The Kier molecular flexibility index (Phi) is 2.02. The number of aromatic nitrogens is 1. The van der Waals surface area contributed by atoms with E-state index in [0.29, 0.717) is 4.47 Å². The normalized spacial score (nSPS) is 15.8. The summed E-state index contributed by atoms with van der Waals surface area (Å²) in [6.45, 7) is 1.80. The zero-order chi connectivity index (χ0) is 8.55. The third-order valence-electron chi connectivity index (χ3n) is 2.04. The SMILES string of the molecule is O=c1[nH]c2c(cc1Br)CNCC2. The molecule has 0 unspecified atom stereocenters. The molecule has 0 spiro atoms. The largest absolute Gasteiger partial charge is 0.325 e. The summed E-state index contributed by atoms with van der Waals surface area (Å²) in [5.74, 6) is 0. The molecule has 2 rings (SSSR count). The number of hydrogen-bond donors (Lipinski definition) is 2. The van der Waals surface area contributed by atoms with Crippen LogP contribution in [0.3, 0.4) is 0 Å². The molecule has 1 aromatic heterocycles. The Labute approximate surface area is 78.3 Å². The summed E-state index contributed by atoms with van der Waals surface area (Å²) in [4.78, 5) is 14.0. The Balaban J connectivity index is 2.56. The second kappa shape index (κ2) is 3.03. The molecule has 1 aliphatic heterocycles. The van der Waals surface area contributed by atoms with Crippen LogP contribution in [0.2, 0.25) is 0 Å². The fourth-order valence-electron chi connectivity index (χ4n) is 1.40. The lowest BCUT2D eigenvalue weighted by atomic mass is 10.1. The minimum absolute atomic E-state index is 0.0318. The first-order valence-corrected chi connectivity index (χ1v) is 4.68. The maximum Gasteiger partial charge on any atom is 0.262 e. The highest BCUT2D eigenvalue weighted by Crippen LogP contribution is 2.12. The number of halogens is 1. The molecule has 0 bridgehead atoms. The quantitative estimate of drug-likeness (QED) is 0.690. The van der Waals surface area contributed by atoms with E-state index < -0.39 is 0 Å². The minimum atomic E-state index is -0.0318. The van der Waals surface area contributed by atoms with Gasteiger partial charge in [-0.05, 0) is 27.6 Å². The van der Waals surface area contributed by atoms with Crippen molar-refractivity contribution in [3.63, 3.8) is 0 Å². The van der Waals surface area contributed by atoms with Crippen molar-refractivity contribution in [2.24, 2.45) is 0 Å². The van der Waals surface area contributed by atoms with Crippen LogP contribution in [-0.2, 0) is 13.0 Å². The first kappa shape index (κ1) is 8.01. The highest BCUT2D eigenvalue weighted by Gasteiger charge is 2.10. The topological polar surface area (TPSA) is 44.9 Å². The number of hydrogen-bond acceptors (Lipinski definition) is 2. The summed E-state index contributed by atoms with van der Waals surface area (Å²) in [5, 5.41) is 3.24. The zero-order valence-electron chi connectivity index (χ0n) is 6.48. The third-order valence-corrected chi connectivity index (χ3v) is 2.63. The fourth-order valence-corrected chi connectivity index (χ4v) is 1.78. The van der Waals surface area contributed by atoms with E-state index in [1.807, 2.05) is 6.07 Å². The van der Waals surface area contributed by atoms with E-state index in [0.717, 1.165) is 25.2 Å². The van der Waals surface area contributed by atoms with Crippen molar-refractivity contribution in [2.75, 3.05) is 6.54 Å². The number of nitrogens with one attached hydrogen (secondary N) is 2. The average molecular weight is 229 g/mol. The molecular weight excluding hydrogens is 220 g/mol. The van der Waals surface area contributed by atoms with Crippen molar-refractivity contribution in [2.45, 2.75) is 13.0 Å². The van der Waals surface area contributed by atoms with Crippen molar-refractivity contribution >= 4 is 15.9 Å². The molecule has 0 radical (unpaired) electrons. The molecule has 2 N–H and O–H groups in total. The van der Waals surface area contributed by atoms with Crippen molar-refractivity contribution in [1.82, 2.24) is 10.3 Å². The summed E-state index contributed by atoms with van der Waals surface area (Å²) >= 11 is 3.20. The standard InChI is InChI=1S/C8H9BrN2O/c9-6-3-5-4-10-2-1-7(5)11-8(6)12/h3,10H,1-2,4H2,(H,11,12). The van der Waals surface area contributed by atoms with Crippen LogP contribution in [0.15, 0.2) is 15.3 Å². The lowest BCUT2D eigenvalue weighted by Crippen LogP contribution is -2.27. The van der Waals surface area contributed by atoms with Crippen LogP contribution in [0.1, 0.15) is 11.3 Å². The van der Waals surface area contributed by atoms with Gasteiger partial charge in [-0.25, -0.2) is 0 Å². The lowest BCUT2D eigenvalue weighted by Gasteiger charge is -2.16. The van der Waals surface area contributed by atoms with Gasteiger partial charge in [-0.3, -0.25) is 4.79 Å². The predicted octanol–water partition coefficient (Wildman–Crippen LogP) is 0.783. The number of pyridine rings is 1. The molecule has 0 atom stereocenters. The molecule has 0 amide bonds. The maximum absolute atomic E-state index is 11.2. The van der Waals surface area contributed by atoms with Gasteiger partial charge in [-0.1, -0.05) is 0 Å². The van der Waals surface area contributed by atoms with Gasteiger partial charge in [-0.15, -0.1) is 0 Å². The summed E-state index contributed by atoms with van der Waals surface area (Å²) < 4.78 is 0.616. The summed E-state index contributed by atoms with van der Waals surface area (Å²) in [7, 11) is 0. The van der Waals surface area contributed by atoms with Crippen molar-refractivity contribution < 1.29 is 0 Å². The van der Waals surface area contributed by atoms with E-state index in [2.05, 4.69) is 26.2 Å². The fraction of sp³-hybridized carbons (Fsp3) is 0.375. The molecule has 1 aliphatic rings. The van der Waals surface area contributed by atoms with E-state index in [4.69, 9.17) is 0 Å². The van der Waals surface area contributed by atoms with Crippen molar-refractivity contribution in [1.29, 1.82) is 0 Å². The minimum Gasteiger partial charge on any atom is -0.325 e. The average Bonchev–Trinajstić information content (AvgIpc) is 2.07. The second-order valence-corrected chi connectivity index (χ2v) is 3.73. The highest BCUT2D eigenvalue weighted by molar-refractivity contribution is 9.10. The van der Waals surface area contributed by atoms with Gasteiger partial charge in [0.15, 0.2) is 0 Å². The molecule has 12 heavy (non-hydrogen) atoms. The second-order valence-electron chi connectivity index (χ2n) is 2.88. The van der Waals surface area contributed by atoms with Gasteiger partial charge in [-0.2, -0.15) is 0 Å². The molecule has 3 nitrogen and oxygen atoms in total. The first-order chi connectivity index (χ1) is 5.77. The number of H-pyrrole nitrogens is 1. The molecule has 1 aromatic rings. The zero-order valence-corrected chi connectivity index (χ0v) is 8.07. The molecule has 0 saturated heterocycles. The Morgan fingerprint density at radius 1 is 1.50 bits per heavy atom. The lowest BCUT2D eigenvalue weighted by molar-refractivity contribution is 0.627. The summed E-state index contributed by atoms with van der Waals surface area (Å²) in [6, 6.07) is 1.89. The van der Waals surface area contributed by atoms with Crippen LogP contribution in [-0.4, -0.2) is 11.5 Å². The Bertz CT molecular complexity index is 359. The van der Waals surface area contributed by atoms with Crippen LogP contribution in [0, 0.1) is 0 Å². The molecule has 0 fully saturated rings. The van der Waals surface area contributed by atoms with Gasteiger partial charge >= 0.3 is 0 Å². The van der Waals surface area contributed by atoms with Gasteiger partial charge in [0.1, 0.15) is 0 Å². The summed E-state index contributed by atoms with van der Waals surface area (Å²) in [6.07, 6.45) is 0.915. The molecule has 0 saturated carbocycles. The van der Waals surface area contributed by atoms with Gasteiger partial charge in [0, 0.05) is 25.2 Å². The van der Waals surface area contributed by atoms with E-state index in [1.54, 1.807) is 0 Å².